The molecule has 1 aliphatic heterocycles. The number of hydrogen-bond donors (Lipinski definition) is 2. The zero-order valence-electron chi connectivity index (χ0n) is 16.1. The molecule has 3 aromatic rings. The van der Waals surface area contributed by atoms with Gasteiger partial charge < -0.3 is 15.4 Å². The predicted molar refractivity (Wildman–Crippen MR) is 116 cm³/mol. The number of aromatic nitrogens is 1. The Morgan fingerprint density at radius 2 is 1.79 bits per heavy atom. The zero-order chi connectivity index (χ0) is 19.6. The standard InChI is InChI=1S/C23H23N3O2S/c27-20-14-19(15-10-12-18(13-11-15)28-17-8-4-5-9-17)21-22(25-20)26-23(29-21)24-16-6-2-1-3-7-16/h1-3,6-7,10-13,17,19H,4-5,8-9,14H2,(H,24,26)(H,25,27)/t19-/m0/s1. The third-order valence-electron chi connectivity index (χ3n) is 5.53. The maximum atomic E-state index is 12.3. The number of anilines is 3. The van der Waals surface area contributed by atoms with Gasteiger partial charge in [0.2, 0.25) is 5.91 Å². The molecule has 6 heteroatoms. The van der Waals surface area contributed by atoms with Crippen molar-refractivity contribution in [2.75, 3.05) is 10.6 Å². The van der Waals surface area contributed by atoms with Crippen LogP contribution in [0.3, 0.4) is 0 Å². The van der Waals surface area contributed by atoms with Crippen molar-refractivity contribution in [1.29, 1.82) is 0 Å². The highest BCUT2D eigenvalue weighted by Crippen LogP contribution is 2.43. The molecule has 0 spiro atoms. The molecule has 29 heavy (non-hydrogen) atoms. The van der Waals surface area contributed by atoms with Gasteiger partial charge in [0.05, 0.1) is 11.0 Å². The van der Waals surface area contributed by atoms with E-state index < -0.39 is 0 Å². The summed E-state index contributed by atoms with van der Waals surface area (Å²) in [5, 5.41) is 7.04. The Hall–Kier alpha value is -2.86. The summed E-state index contributed by atoms with van der Waals surface area (Å²) in [6, 6.07) is 18.2. The van der Waals surface area contributed by atoms with Gasteiger partial charge in [0.15, 0.2) is 5.13 Å². The van der Waals surface area contributed by atoms with Gasteiger partial charge in [0.25, 0.3) is 0 Å². The molecule has 2 aromatic carbocycles. The van der Waals surface area contributed by atoms with E-state index in [9.17, 15) is 4.79 Å². The number of benzene rings is 2. The second-order valence-corrected chi connectivity index (χ2v) is 8.65. The third-order valence-corrected chi connectivity index (χ3v) is 6.61. The van der Waals surface area contributed by atoms with Gasteiger partial charge >= 0.3 is 0 Å². The lowest BCUT2D eigenvalue weighted by Crippen LogP contribution is -2.22. The molecule has 1 aromatic heterocycles. The summed E-state index contributed by atoms with van der Waals surface area (Å²) in [5.74, 6) is 1.60. The Balaban J connectivity index is 1.37. The first-order chi connectivity index (χ1) is 14.2. The summed E-state index contributed by atoms with van der Waals surface area (Å²) >= 11 is 1.60. The Kier molecular flexibility index (Phi) is 4.94. The number of amides is 1. The van der Waals surface area contributed by atoms with E-state index in [0.29, 0.717) is 18.3 Å². The number of nitrogens with zero attached hydrogens (tertiary/aromatic N) is 1. The molecule has 0 bridgehead atoms. The first kappa shape index (κ1) is 18.2. The molecular formula is C23H23N3O2S. The minimum atomic E-state index is 0.00495. The quantitative estimate of drug-likeness (QED) is 0.573. The van der Waals surface area contributed by atoms with Crippen LogP contribution in [-0.4, -0.2) is 17.0 Å². The van der Waals surface area contributed by atoms with E-state index in [0.717, 1.165) is 39.9 Å². The average Bonchev–Trinajstić information content (AvgIpc) is 3.38. The number of thiazole rings is 1. The van der Waals surface area contributed by atoms with Crippen molar-refractivity contribution in [1.82, 2.24) is 4.98 Å². The number of hydrogen-bond acceptors (Lipinski definition) is 5. The maximum absolute atomic E-state index is 12.3. The lowest BCUT2D eigenvalue weighted by atomic mass is 9.91. The van der Waals surface area contributed by atoms with Crippen molar-refractivity contribution in [2.24, 2.45) is 0 Å². The van der Waals surface area contributed by atoms with Crippen LogP contribution in [0, 0.1) is 0 Å². The number of fused-ring (bicyclic) bond motifs is 1. The Morgan fingerprint density at radius 3 is 2.55 bits per heavy atom. The number of carbonyl (C=O) groups excluding carboxylic acids is 1. The van der Waals surface area contributed by atoms with E-state index in [2.05, 4.69) is 27.8 Å². The van der Waals surface area contributed by atoms with E-state index in [1.54, 1.807) is 11.3 Å². The highest BCUT2D eigenvalue weighted by molar-refractivity contribution is 7.16. The van der Waals surface area contributed by atoms with Gasteiger partial charge in [-0.3, -0.25) is 4.79 Å². The summed E-state index contributed by atoms with van der Waals surface area (Å²) in [7, 11) is 0. The van der Waals surface area contributed by atoms with Crippen LogP contribution in [0.2, 0.25) is 0 Å². The van der Waals surface area contributed by atoms with Gasteiger partial charge in [-0.25, -0.2) is 4.98 Å². The van der Waals surface area contributed by atoms with Crippen LogP contribution in [0.15, 0.2) is 54.6 Å². The van der Waals surface area contributed by atoms with Crippen LogP contribution >= 0.6 is 11.3 Å². The fourth-order valence-corrected chi connectivity index (χ4v) is 5.13. The fourth-order valence-electron chi connectivity index (χ4n) is 4.06. The Morgan fingerprint density at radius 1 is 1.03 bits per heavy atom. The number of carbonyl (C=O) groups is 1. The highest BCUT2D eigenvalue weighted by atomic mass is 32.1. The second-order valence-electron chi connectivity index (χ2n) is 7.62. The summed E-state index contributed by atoms with van der Waals surface area (Å²) in [4.78, 5) is 18.0. The molecule has 1 atom stereocenters. The molecule has 0 saturated heterocycles. The van der Waals surface area contributed by atoms with Gasteiger partial charge in [-0.1, -0.05) is 41.7 Å². The summed E-state index contributed by atoms with van der Waals surface area (Å²) < 4.78 is 6.08. The lowest BCUT2D eigenvalue weighted by molar-refractivity contribution is -0.116. The molecule has 1 fully saturated rings. The van der Waals surface area contributed by atoms with Gasteiger partial charge in [0.1, 0.15) is 11.6 Å². The van der Waals surface area contributed by atoms with Crippen LogP contribution in [0.1, 0.15) is 48.5 Å². The van der Waals surface area contributed by atoms with Gasteiger partial charge in [-0.05, 0) is 55.5 Å². The molecule has 1 saturated carbocycles. The van der Waals surface area contributed by atoms with Gasteiger partial charge in [-0.2, -0.15) is 0 Å². The van der Waals surface area contributed by atoms with Gasteiger partial charge in [0, 0.05) is 18.0 Å². The fraction of sp³-hybridized carbons (Fsp3) is 0.304. The van der Waals surface area contributed by atoms with E-state index in [4.69, 9.17) is 4.74 Å². The highest BCUT2D eigenvalue weighted by Gasteiger charge is 2.30. The normalized spacial score (nSPS) is 18.9. The molecule has 148 valence electrons. The summed E-state index contributed by atoms with van der Waals surface area (Å²) in [5.41, 5.74) is 2.10. The van der Waals surface area contributed by atoms with Crippen LogP contribution in [0.4, 0.5) is 16.6 Å². The van der Waals surface area contributed by atoms with Crippen molar-refractivity contribution in [3.05, 3.63) is 65.0 Å². The number of para-hydroxylation sites is 1. The number of ether oxygens (including phenoxy) is 1. The average molecular weight is 406 g/mol. The van der Waals surface area contributed by atoms with Crippen LogP contribution in [0.25, 0.3) is 0 Å². The van der Waals surface area contributed by atoms with Crippen molar-refractivity contribution in [3.8, 4) is 5.75 Å². The van der Waals surface area contributed by atoms with E-state index in [1.807, 2.05) is 42.5 Å². The molecule has 5 nitrogen and oxygen atoms in total. The molecule has 5 rings (SSSR count). The zero-order valence-corrected chi connectivity index (χ0v) is 16.9. The van der Waals surface area contributed by atoms with Gasteiger partial charge in [-0.15, -0.1) is 0 Å². The molecule has 0 radical (unpaired) electrons. The largest absolute Gasteiger partial charge is 0.490 e. The molecule has 2 heterocycles. The van der Waals surface area contributed by atoms with Crippen molar-refractivity contribution in [3.63, 3.8) is 0 Å². The molecule has 1 amide bonds. The first-order valence-corrected chi connectivity index (χ1v) is 11.0. The topological polar surface area (TPSA) is 63.2 Å². The van der Waals surface area contributed by atoms with Crippen LogP contribution in [0.5, 0.6) is 5.75 Å². The minimum Gasteiger partial charge on any atom is -0.490 e. The number of nitrogens with one attached hydrogen (secondary N) is 2. The van der Waals surface area contributed by atoms with Crippen LogP contribution in [-0.2, 0) is 4.79 Å². The van der Waals surface area contributed by atoms with Crippen LogP contribution < -0.4 is 15.4 Å². The molecule has 2 N–H and O–H groups in total. The van der Waals surface area contributed by atoms with E-state index >= 15 is 0 Å². The Bertz CT molecular complexity index is 995. The second kappa shape index (κ2) is 7.87. The minimum absolute atomic E-state index is 0.00495. The van der Waals surface area contributed by atoms with E-state index in [1.165, 1.54) is 12.8 Å². The summed E-state index contributed by atoms with van der Waals surface area (Å²) in [6.07, 6.45) is 5.59. The van der Waals surface area contributed by atoms with Crippen molar-refractivity contribution in [2.45, 2.75) is 44.1 Å². The van der Waals surface area contributed by atoms with Crippen molar-refractivity contribution >= 4 is 33.9 Å². The Labute approximate surface area is 174 Å². The predicted octanol–water partition coefficient (Wildman–Crippen LogP) is 5.68. The smallest absolute Gasteiger partial charge is 0.226 e. The molecule has 1 aliphatic carbocycles. The molecule has 2 aliphatic rings. The monoisotopic (exact) mass is 405 g/mol. The first-order valence-electron chi connectivity index (χ1n) is 10.1. The molecule has 0 unspecified atom stereocenters. The summed E-state index contributed by atoms with van der Waals surface area (Å²) in [6.45, 7) is 0. The SMILES string of the molecule is O=C1C[C@@H](c2ccc(OC3CCCC3)cc2)c2sc(Nc3ccccc3)nc2N1. The third kappa shape index (κ3) is 3.98. The van der Waals surface area contributed by atoms with E-state index in [-0.39, 0.29) is 11.8 Å². The number of rotatable bonds is 5. The lowest BCUT2D eigenvalue weighted by Gasteiger charge is -2.22. The maximum Gasteiger partial charge on any atom is 0.226 e. The van der Waals surface area contributed by atoms with Crippen molar-refractivity contribution < 1.29 is 9.53 Å². The molecular weight excluding hydrogens is 382 g/mol.